The molecule has 104 valence electrons. The number of nitrogens with zero attached hydrogens (tertiary/aromatic N) is 1. The van der Waals surface area contributed by atoms with Gasteiger partial charge in [0.05, 0.1) is 17.2 Å². The smallest absolute Gasteiger partial charge is 0.416 e. The van der Waals surface area contributed by atoms with Crippen molar-refractivity contribution in [1.29, 1.82) is 0 Å². The van der Waals surface area contributed by atoms with Crippen LogP contribution in [0.15, 0.2) is 27.7 Å². The zero-order chi connectivity index (χ0) is 14.2. The average Bonchev–Trinajstić information content (AvgIpc) is 2.77. The Balaban J connectivity index is 2.38. The highest BCUT2D eigenvalue weighted by molar-refractivity contribution is 9.10. The van der Waals surface area contributed by atoms with Crippen molar-refractivity contribution in [2.45, 2.75) is 26.1 Å². The normalized spacial score (nSPS) is 19.5. The lowest BCUT2D eigenvalue weighted by Crippen LogP contribution is -2.13. The third-order valence-corrected chi connectivity index (χ3v) is 3.66. The highest BCUT2D eigenvalue weighted by Gasteiger charge is 2.32. The Morgan fingerprint density at radius 3 is 2.58 bits per heavy atom. The molecule has 0 saturated carbocycles. The van der Waals surface area contributed by atoms with Gasteiger partial charge in [-0.25, -0.2) is 4.99 Å². The summed E-state index contributed by atoms with van der Waals surface area (Å²) < 4.78 is 44.0. The van der Waals surface area contributed by atoms with Gasteiger partial charge in [0.15, 0.2) is 0 Å². The minimum absolute atomic E-state index is 0.00329. The number of halogens is 4. The van der Waals surface area contributed by atoms with E-state index in [1.165, 1.54) is 6.07 Å². The SMILES string of the molecule is CC(C)[C@H]1COC(c2cc(C(F)(F)F)ccc2Br)=N1. The first kappa shape index (κ1) is 14.4. The first-order valence-electron chi connectivity index (χ1n) is 5.86. The van der Waals surface area contributed by atoms with E-state index < -0.39 is 11.7 Å². The fraction of sp³-hybridized carbons (Fsp3) is 0.462. The molecule has 0 amide bonds. The number of aliphatic imine (C=N–C) groups is 1. The third-order valence-electron chi connectivity index (χ3n) is 2.97. The summed E-state index contributed by atoms with van der Waals surface area (Å²) in [5.41, 5.74) is -0.358. The van der Waals surface area contributed by atoms with Crippen molar-refractivity contribution in [2.75, 3.05) is 6.61 Å². The van der Waals surface area contributed by atoms with Gasteiger partial charge in [-0.2, -0.15) is 13.2 Å². The number of hydrogen-bond donors (Lipinski definition) is 0. The van der Waals surface area contributed by atoms with Gasteiger partial charge in [-0.1, -0.05) is 13.8 Å². The van der Waals surface area contributed by atoms with Gasteiger partial charge in [0.25, 0.3) is 0 Å². The number of ether oxygens (including phenoxy) is 1. The molecular weight excluding hydrogens is 323 g/mol. The molecular formula is C13H13BrF3NO. The summed E-state index contributed by atoms with van der Waals surface area (Å²) in [6.45, 7) is 4.42. The van der Waals surface area contributed by atoms with Crippen LogP contribution >= 0.6 is 15.9 Å². The maximum absolute atomic E-state index is 12.7. The van der Waals surface area contributed by atoms with E-state index in [1.54, 1.807) is 0 Å². The van der Waals surface area contributed by atoms with Crippen molar-refractivity contribution < 1.29 is 17.9 Å². The second kappa shape index (κ2) is 5.15. The monoisotopic (exact) mass is 335 g/mol. The topological polar surface area (TPSA) is 21.6 Å². The molecule has 0 fully saturated rings. The van der Waals surface area contributed by atoms with Crippen LogP contribution in [-0.4, -0.2) is 18.5 Å². The quantitative estimate of drug-likeness (QED) is 0.790. The summed E-state index contributed by atoms with van der Waals surface area (Å²) in [6.07, 6.45) is -4.37. The van der Waals surface area contributed by atoms with E-state index >= 15 is 0 Å². The highest BCUT2D eigenvalue weighted by atomic mass is 79.9. The van der Waals surface area contributed by atoms with Crippen molar-refractivity contribution in [2.24, 2.45) is 10.9 Å². The lowest BCUT2D eigenvalue weighted by atomic mass is 10.1. The van der Waals surface area contributed by atoms with Crippen LogP contribution in [0, 0.1) is 5.92 Å². The largest absolute Gasteiger partial charge is 0.475 e. The number of hydrogen-bond acceptors (Lipinski definition) is 2. The van der Waals surface area contributed by atoms with E-state index in [0.29, 0.717) is 22.6 Å². The Kier molecular flexibility index (Phi) is 3.90. The first-order valence-corrected chi connectivity index (χ1v) is 6.66. The van der Waals surface area contributed by atoms with Crippen LogP contribution in [0.3, 0.4) is 0 Å². The minimum atomic E-state index is -4.37. The standard InChI is InChI=1S/C13H13BrF3NO/c1-7(2)11-6-19-12(18-11)9-5-8(13(15,16)17)3-4-10(9)14/h3-5,7,11H,6H2,1-2H3/t11-/m1/s1. The maximum atomic E-state index is 12.7. The molecule has 2 nitrogen and oxygen atoms in total. The average molecular weight is 336 g/mol. The maximum Gasteiger partial charge on any atom is 0.416 e. The van der Waals surface area contributed by atoms with E-state index in [4.69, 9.17) is 4.74 Å². The zero-order valence-corrected chi connectivity index (χ0v) is 12.0. The molecule has 1 aliphatic rings. The van der Waals surface area contributed by atoms with Gasteiger partial charge < -0.3 is 4.74 Å². The van der Waals surface area contributed by atoms with Crippen molar-refractivity contribution in [3.8, 4) is 0 Å². The molecule has 0 aromatic heterocycles. The number of benzene rings is 1. The van der Waals surface area contributed by atoms with Crippen LogP contribution in [0.25, 0.3) is 0 Å². The Labute approximate surface area is 117 Å². The Bertz CT molecular complexity index is 511. The van der Waals surface area contributed by atoms with Crippen molar-refractivity contribution in [1.82, 2.24) is 0 Å². The summed E-state index contributed by atoms with van der Waals surface area (Å²) in [6, 6.07) is 3.46. The van der Waals surface area contributed by atoms with E-state index in [2.05, 4.69) is 20.9 Å². The fourth-order valence-corrected chi connectivity index (χ4v) is 2.16. The molecule has 1 heterocycles. The molecule has 1 aliphatic heterocycles. The molecule has 0 unspecified atom stereocenters. The Hall–Kier alpha value is -1.04. The summed E-state index contributed by atoms with van der Waals surface area (Å²) in [5.74, 6) is 0.568. The summed E-state index contributed by atoms with van der Waals surface area (Å²) in [4.78, 5) is 4.34. The Morgan fingerprint density at radius 1 is 1.37 bits per heavy atom. The molecule has 19 heavy (non-hydrogen) atoms. The molecule has 0 spiro atoms. The van der Waals surface area contributed by atoms with Crippen LogP contribution in [0.1, 0.15) is 25.0 Å². The minimum Gasteiger partial charge on any atom is -0.475 e. The van der Waals surface area contributed by atoms with E-state index in [1.807, 2.05) is 13.8 Å². The first-order chi connectivity index (χ1) is 8.79. The van der Waals surface area contributed by atoms with Crippen LogP contribution in [-0.2, 0) is 10.9 Å². The van der Waals surface area contributed by atoms with Gasteiger partial charge in [-0.05, 0) is 40.0 Å². The van der Waals surface area contributed by atoms with E-state index in [0.717, 1.165) is 12.1 Å². The van der Waals surface area contributed by atoms with Crippen molar-refractivity contribution in [3.63, 3.8) is 0 Å². The zero-order valence-electron chi connectivity index (χ0n) is 10.5. The van der Waals surface area contributed by atoms with Gasteiger partial charge >= 0.3 is 6.18 Å². The molecule has 0 aliphatic carbocycles. The van der Waals surface area contributed by atoms with Gasteiger partial charge in [0, 0.05) is 4.47 Å². The van der Waals surface area contributed by atoms with Crippen LogP contribution in [0.2, 0.25) is 0 Å². The lowest BCUT2D eigenvalue weighted by Gasteiger charge is -2.10. The van der Waals surface area contributed by atoms with Gasteiger partial charge in [0.1, 0.15) is 6.61 Å². The van der Waals surface area contributed by atoms with Crippen molar-refractivity contribution in [3.05, 3.63) is 33.8 Å². The van der Waals surface area contributed by atoms with Crippen LogP contribution in [0.5, 0.6) is 0 Å². The summed E-state index contributed by atoms with van der Waals surface area (Å²) in [5, 5.41) is 0. The molecule has 1 atom stereocenters. The van der Waals surface area contributed by atoms with Gasteiger partial charge in [-0.3, -0.25) is 0 Å². The highest BCUT2D eigenvalue weighted by Crippen LogP contribution is 2.33. The van der Waals surface area contributed by atoms with Crippen LogP contribution in [0.4, 0.5) is 13.2 Å². The Morgan fingerprint density at radius 2 is 2.05 bits per heavy atom. The lowest BCUT2D eigenvalue weighted by molar-refractivity contribution is -0.137. The molecule has 0 bridgehead atoms. The molecule has 0 N–H and O–H groups in total. The predicted octanol–water partition coefficient (Wildman–Crippen LogP) is 4.27. The fourth-order valence-electron chi connectivity index (χ4n) is 1.74. The molecule has 6 heteroatoms. The second-order valence-corrected chi connectivity index (χ2v) is 5.60. The predicted molar refractivity (Wildman–Crippen MR) is 70.3 cm³/mol. The number of alkyl halides is 3. The third kappa shape index (κ3) is 3.11. The van der Waals surface area contributed by atoms with E-state index in [9.17, 15) is 13.2 Å². The molecule has 0 saturated heterocycles. The molecule has 0 radical (unpaired) electrons. The molecule has 2 rings (SSSR count). The van der Waals surface area contributed by atoms with Gasteiger partial charge in [0.2, 0.25) is 5.90 Å². The second-order valence-electron chi connectivity index (χ2n) is 4.75. The number of rotatable bonds is 2. The van der Waals surface area contributed by atoms with E-state index in [-0.39, 0.29) is 11.9 Å². The summed E-state index contributed by atoms with van der Waals surface area (Å²) in [7, 11) is 0. The van der Waals surface area contributed by atoms with Gasteiger partial charge in [-0.15, -0.1) is 0 Å². The molecule has 1 aromatic rings. The van der Waals surface area contributed by atoms with Crippen LogP contribution < -0.4 is 0 Å². The summed E-state index contributed by atoms with van der Waals surface area (Å²) >= 11 is 3.24. The molecule has 1 aromatic carbocycles. The van der Waals surface area contributed by atoms with Crippen molar-refractivity contribution >= 4 is 21.8 Å².